The zero-order chi connectivity index (χ0) is 10.8. The molecule has 2 heteroatoms. The lowest BCUT2D eigenvalue weighted by Crippen LogP contribution is -2.38. The zero-order valence-electron chi connectivity index (χ0n) is 10.5. The molecule has 0 aromatic carbocycles. The SMILES string of the molecule is CC1CC(C)N(C(C)CCNC2CC2)C1. The van der Waals surface area contributed by atoms with E-state index in [2.05, 4.69) is 31.0 Å². The third kappa shape index (κ3) is 3.18. The third-order valence-corrected chi connectivity index (χ3v) is 3.97. The Morgan fingerprint density at radius 1 is 1.33 bits per heavy atom. The molecule has 15 heavy (non-hydrogen) atoms. The Labute approximate surface area is 94.4 Å². The summed E-state index contributed by atoms with van der Waals surface area (Å²) in [6.45, 7) is 9.68. The maximum Gasteiger partial charge on any atom is 0.00819 e. The number of nitrogens with one attached hydrogen (secondary N) is 1. The fraction of sp³-hybridized carbons (Fsp3) is 1.00. The smallest absolute Gasteiger partial charge is 0.00819 e. The quantitative estimate of drug-likeness (QED) is 0.749. The van der Waals surface area contributed by atoms with Crippen molar-refractivity contribution in [1.29, 1.82) is 0 Å². The molecule has 0 aromatic heterocycles. The second kappa shape index (κ2) is 4.84. The average molecular weight is 210 g/mol. The molecular formula is C13H26N2. The number of rotatable bonds is 5. The maximum atomic E-state index is 3.61. The number of hydrogen-bond acceptors (Lipinski definition) is 2. The highest BCUT2D eigenvalue weighted by molar-refractivity contribution is 4.85. The Hall–Kier alpha value is -0.0800. The number of likely N-dealkylation sites (tertiary alicyclic amines) is 1. The first-order valence-electron chi connectivity index (χ1n) is 6.66. The molecule has 1 saturated carbocycles. The monoisotopic (exact) mass is 210 g/mol. The normalized spacial score (nSPS) is 34.6. The van der Waals surface area contributed by atoms with Gasteiger partial charge >= 0.3 is 0 Å². The van der Waals surface area contributed by atoms with Crippen LogP contribution in [0.4, 0.5) is 0 Å². The zero-order valence-corrected chi connectivity index (χ0v) is 10.5. The molecule has 88 valence electrons. The van der Waals surface area contributed by atoms with Gasteiger partial charge in [-0.15, -0.1) is 0 Å². The minimum Gasteiger partial charge on any atom is -0.314 e. The largest absolute Gasteiger partial charge is 0.314 e. The van der Waals surface area contributed by atoms with Crippen molar-refractivity contribution < 1.29 is 0 Å². The van der Waals surface area contributed by atoms with E-state index in [9.17, 15) is 0 Å². The van der Waals surface area contributed by atoms with Crippen molar-refractivity contribution in [3.05, 3.63) is 0 Å². The summed E-state index contributed by atoms with van der Waals surface area (Å²) in [4.78, 5) is 2.69. The van der Waals surface area contributed by atoms with Gasteiger partial charge in [0, 0.05) is 24.7 Å². The molecule has 0 aromatic rings. The highest BCUT2D eigenvalue weighted by Gasteiger charge is 2.29. The van der Waals surface area contributed by atoms with Gasteiger partial charge in [-0.3, -0.25) is 4.90 Å². The van der Waals surface area contributed by atoms with Gasteiger partial charge in [-0.25, -0.2) is 0 Å². The Morgan fingerprint density at radius 3 is 2.60 bits per heavy atom. The molecule has 0 bridgehead atoms. The molecule has 1 aliphatic carbocycles. The van der Waals surface area contributed by atoms with E-state index in [0.29, 0.717) is 0 Å². The van der Waals surface area contributed by atoms with Crippen LogP contribution in [-0.2, 0) is 0 Å². The van der Waals surface area contributed by atoms with Crippen molar-refractivity contribution in [2.45, 2.75) is 64.6 Å². The van der Waals surface area contributed by atoms with Gasteiger partial charge in [-0.1, -0.05) is 6.92 Å². The van der Waals surface area contributed by atoms with Crippen LogP contribution in [0.25, 0.3) is 0 Å². The second-order valence-corrected chi connectivity index (χ2v) is 5.75. The van der Waals surface area contributed by atoms with Gasteiger partial charge in [-0.05, 0) is 52.0 Å². The molecule has 1 aliphatic heterocycles. The van der Waals surface area contributed by atoms with Crippen LogP contribution in [0.15, 0.2) is 0 Å². The summed E-state index contributed by atoms with van der Waals surface area (Å²) in [5, 5.41) is 3.61. The average Bonchev–Trinajstić information content (AvgIpc) is 2.92. The Balaban J connectivity index is 1.67. The van der Waals surface area contributed by atoms with Crippen LogP contribution < -0.4 is 5.32 Å². The van der Waals surface area contributed by atoms with Crippen molar-refractivity contribution >= 4 is 0 Å². The first kappa shape index (κ1) is 11.4. The van der Waals surface area contributed by atoms with Crippen LogP contribution in [0, 0.1) is 5.92 Å². The van der Waals surface area contributed by atoms with E-state index >= 15 is 0 Å². The van der Waals surface area contributed by atoms with E-state index in [-0.39, 0.29) is 0 Å². The van der Waals surface area contributed by atoms with Crippen LogP contribution in [0.5, 0.6) is 0 Å². The molecule has 1 heterocycles. The van der Waals surface area contributed by atoms with Gasteiger partial charge in [0.15, 0.2) is 0 Å². The minimum atomic E-state index is 0.760. The molecular weight excluding hydrogens is 184 g/mol. The van der Waals surface area contributed by atoms with Crippen LogP contribution >= 0.6 is 0 Å². The van der Waals surface area contributed by atoms with E-state index in [0.717, 1.165) is 24.0 Å². The molecule has 2 nitrogen and oxygen atoms in total. The topological polar surface area (TPSA) is 15.3 Å². The van der Waals surface area contributed by atoms with Crippen molar-refractivity contribution in [1.82, 2.24) is 10.2 Å². The molecule has 3 unspecified atom stereocenters. The molecule has 0 radical (unpaired) electrons. The Bertz CT molecular complexity index is 201. The lowest BCUT2D eigenvalue weighted by molar-refractivity contribution is 0.189. The van der Waals surface area contributed by atoms with Crippen LogP contribution in [0.3, 0.4) is 0 Å². The minimum absolute atomic E-state index is 0.760. The summed E-state index contributed by atoms with van der Waals surface area (Å²) in [6, 6.07) is 2.43. The summed E-state index contributed by atoms with van der Waals surface area (Å²) in [5.41, 5.74) is 0. The maximum absolute atomic E-state index is 3.61. The fourth-order valence-electron chi connectivity index (χ4n) is 2.90. The predicted molar refractivity (Wildman–Crippen MR) is 65.1 cm³/mol. The molecule has 1 N–H and O–H groups in total. The van der Waals surface area contributed by atoms with Gasteiger partial charge in [0.05, 0.1) is 0 Å². The van der Waals surface area contributed by atoms with E-state index in [1.165, 1.54) is 38.8 Å². The Morgan fingerprint density at radius 2 is 2.07 bits per heavy atom. The van der Waals surface area contributed by atoms with Crippen LogP contribution in [0.2, 0.25) is 0 Å². The second-order valence-electron chi connectivity index (χ2n) is 5.75. The standard InChI is InChI=1S/C13H26N2/c1-10-8-12(3)15(9-10)11(2)6-7-14-13-4-5-13/h10-14H,4-9H2,1-3H3. The first-order chi connectivity index (χ1) is 7.16. The molecule has 3 atom stereocenters. The first-order valence-corrected chi connectivity index (χ1v) is 6.66. The Kier molecular flexibility index (Phi) is 3.68. The van der Waals surface area contributed by atoms with E-state index < -0.39 is 0 Å². The fourth-order valence-corrected chi connectivity index (χ4v) is 2.90. The van der Waals surface area contributed by atoms with Gasteiger partial charge in [0.2, 0.25) is 0 Å². The summed E-state index contributed by atoms with van der Waals surface area (Å²) < 4.78 is 0. The highest BCUT2D eigenvalue weighted by atomic mass is 15.2. The van der Waals surface area contributed by atoms with Gasteiger partial charge in [0.25, 0.3) is 0 Å². The van der Waals surface area contributed by atoms with Crippen molar-refractivity contribution in [3.63, 3.8) is 0 Å². The molecule has 2 fully saturated rings. The molecule has 2 aliphatic rings. The summed E-state index contributed by atoms with van der Waals surface area (Å²) in [7, 11) is 0. The molecule has 1 saturated heterocycles. The number of nitrogens with zero attached hydrogens (tertiary/aromatic N) is 1. The highest BCUT2D eigenvalue weighted by Crippen LogP contribution is 2.25. The number of hydrogen-bond donors (Lipinski definition) is 1. The molecule has 0 spiro atoms. The van der Waals surface area contributed by atoms with E-state index in [1.807, 2.05) is 0 Å². The third-order valence-electron chi connectivity index (χ3n) is 3.97. The van der Waals surface area contributed by atoms with Crippen molar-refractivity contribution in [2.75, 3.05) is 13.1 Å². The van der Waals surface area contributed by atoms with Gasteiger partial charge in [0.1, 0.15) is 0 Å². The van der Waals surface area contributed by atoms with Crippen LogP contribution in [0.1, 0.15) is 46.5 Å². The summed E-state index contributed by atoms with van der Waals surface area (Å²) in [6.07, 6.45) is 5.52. The van der Waals surface area contributed by atoms with Crippen molar-refractivity contribution in [3.8, 4) is 0 Å². The summed E-state index contributed by atoms with van der Waals surface area (Å²) >= 11 is 0. The van der Waals surface area contributed by atoms with Gasteiger partial charge in [-0.2, -0.15) is 0 Å². The molecule has 2 rings (SSSR count). The van der Waals surface area contributed by atoms with Crippen molar-refractivity contribution in [2.24, 2.45) is 5.92 Å². The van der Waals surface area contributed by atoms with Crippen LogP contribution in [-0.4, -0.2) is 36.1 Å². The lowest BCUT2D eigenvalue weighted by atomic mass is 10.1. The molecule has 0 amide bonds. The van der Waals surface area contributed by atoms with E-state index in [4.69, 9.17) is 0 Å². The van der Waals surface area contributed by atoms with Gasteiger partial charge < -0.3 is 5.32 Å². The predicted octanol–water partition coefficient (Wildman–Crippen LogP) is 2.25. The van der Waals surface area contributed by atoms with E-state index in [1.54, 1.807) is 0 Å². The summed E-state index contributed by atoms with van der Waals surface area (Å²) in [5.74, 6) is 0.902. The lowest BCUT2D eigenvalue weighted by Gasteiger charge is -2.28.